The summed E-state index contributed by atoms with van der Waals surface area (Å²) in [5.41, 5.74) is 2.25. The van der Waals surface area contributed by atoms with Crippen LogP contribution in [0.15, 0.2) is 36.7 Å². The average molecular weight is 319 g/mol. The third-order valence-electron chi connectivity index (χ3n) is 3.95. The summed E-state index contributed by atoms with van der Waals surface area (Å²) in [5.74, 6) is 1.48. The van der Waals surface area contributed by atoms with Gasteiger partial charge in [-0.15, -0.1) is 0 Å². The average Bonchev–Trinajstić information content (AvgIpc) is 2.96. The molecular formula is C17H19ClN2O2. The molecule has 1 aromatic carbocycles. The Labute approximate surface area is 135 Å². The van der Waals surface area contributed by atoms with Crippen LogP contribution in [0.25, 0.3) is 0 Å². The molecule has 0 spiro atoms. The van der Waals surface area contributed by atoms with Gasteiger partial charge in [-0.25, -0.2) is 0 Å². The highest BCUT2D eigenvalue weighted by molar-refractivity contribution is 6.31. The van der Waals surface area contributed by atoms with Crippen molar-refractivity contribution < 1.29 is 9.47 Å². The van der Waals surface area contributed by atoms with E-state index >= 15 is 0 Å². The maximum absolute atomic E-state index is 6.37. The van der Waals surface area contributed by atoms with Gasteiger partial charge in [0.05, 0.1) is 0 Å². The number of hydrogen-bond donors (Lipinski definition) is 0. The number of hydrogen-bond acceptors (Lipinski definition) is 4. The summed E-state index contributed by atoms with van der Waals surface area (Å²) in [6, 6.07) is 8.18. The molecule has 0 radical (unpaired) electrons. The van der Waals surface area contributed by atoms with Crippen LogP contribution in [0, 0.1) is 0 Å². The van der Waals surface area contributed by atoms with Gasteiger partial charge >= 0.3 is 0 Å². The summed E-state index contributed by atoms with van der Waals surface area (Å²) in [7, 11) is 2.10. The molecule has 0 bridgehead atoms. The van der Waals surface area contributed by atoms with Crippen LogP contribution in [0.1, 0.15) is 30.5 Å². The van der Waals surface area contributed by atoms with Gasteiger partial charge in [-0.2, -0.15) is 0 Å². The van der Waals surface area contributed by atoms with Gasteiger partial charge in [-0.3, -0.25) is 9.88 Å². The lowest BCUT2D eigenvalue weighted by Crippen LogP contribution is -2.24. The number of rotatable bonds is 5. The molecule has 0 aliphatic carbocycles. The van der Waals surface area contributed by atoms with Crippen molar-refractivity contribution in [3.05, 3.63) is 52.8 Å². The third kappa shape index (κ3) is 3.03. The number of pyridine rings is 1. The Bertz CT molecular complexity index is 649. The zero-order chi connectivity index (χ0) is 15.5. The molecule has 116 valence electrons. The number of benzene rings is 1. The molecule has 4 nitrogen and oxygen atoms in total. The normalized spacial score (nSPS) is 14.4. The summed E-state index contributed by atoms with van der Waals surface area (Å²) in [5, 5.41) is 0.706. The van der Waals surface area contributed by atoms with Crippen LogP contribution in [-0.4, -0.2) is 23.7 Å². The Balaban J connectivity index is 1.80. The second kappa shape index (κ2) is 6.55. The van der Waals surface area contributed by atoms with Gasteiger partial charge in [-0.05, 0) is 36.7 Å². The predicted molar refractivity (Wildman–Crippen MR) is 86.3 cm³/mol. The van der Waals surface area contributed by atoms with E-state index in [4.69, 9.17) is 21.1 Å². The topological polar surface area (TPSA) is 34.6 Å². The Hall–Kier alpha value is -1.78. The van der Waals surface area contributed by atoms with Crippen molar-refractivity contribution in [2.24, 2.45) is 0 Å². The molecule has 0 N–H and O–H groups in total. The minimum absolute atomic E-state index is 0.262. The number of halogens is 1. The lowest BCUT2D eigenvalue weighted by atomic mass is 10.0. The molecule has 0 amide bonds. The van der Waals surface area contributed by atoms with Crippen molar-refractivity contribution in [1.29, 1.82) is 0 Å². The smallest absolute Gasteiger partial charge is 0.231 e. The Kier molecular flexibility index (Phi) is 4.50. The highest BCUT2D eigenvalue weighted by Gasteiger charge is 2.20. The Morgan fingerprint density at radius 3 is 2.77 bits per heavy atom. The van der Waals surface area contributed by atoms with Crippen molar-refractivity contribution in [2.45, 2.75) is 25.9 Å². The molecular weight excluding hydrogens is 300 g/mol. The van der Waals surface area contributed by atoms with Crippen molar-refractivity contribution in [3.8, 4) is 11.5 Å². The van der Waals surface area contributed by atoms with E-state index in [9.17, 15) is 0 Å². The first-order valence-corrected chi connectivity index (χ1v) is 7.75. The number of aromatic nitrogens is 1. The van der Waals surface area contributed by atoms with Crippen LogP contribution in [0.2, 0.25) is 5.02 Å². The van der Waals surface area contributed by atoms with Crippen LogP contribution >= 0.6 is 11.6 Å². The molecule has 2 aromatic rings. The van der Waals surface area contributed by atoms with Crippen LogP contribution in [0.5, 0.6) is 11.5 Å². The van der Waals surface area contributed by atoms with Gasteiger partial charge < -0.3 is 9.47 Å². The first kappa shape index (κ1) is 15.1. The molecule has 2 heterocycles. The SMILES string of the molecule is CC[C@@H](c1cccnc1)N(C)Cc1cc2c(cc1Cl)OCO2. The first-order chi connectivity index (χ1) is 10.7. The van der Waals surface area contributed by atoms with Gasteiger partial charge in [0.2, 0.25) is 6.79 Å². The van der Waals surface area contributed by atoms with E-state index in [1.54, 1.807) is 6.20 Å². The Morgan fingerprint density at radius 1 is 1.32 bits per heavy atom. The molecule has 5 heteroatoms. The highest BCUT2D eigenvalue weighted by atomic mass is 35.5. The summed E-state index contributed by atoms with van der Waals surface area (Å²) in [4.78, 5) is 6.50. The van der Waals surface area contributed by atoms with E-state index in [0.717, 1.165) is 30.0 Å². The minimum Gasteiger partial charge on any atom is -0.454 e. The van der Waals surface area contributed by atoms with E-state index in [0.29, 0.717) is 11.1 Å². The van der Waals surface area contributed by atoms with Gasteiger partial charge in [-0.1, -0.05) is 24.6 Å². The lowest BCUT2D eigenvalue weighted by Gasteiger charge is -2.27. The molecule has 0 saturated carbocycles. The molecule has 0 saturated heterocycles. The van der Waals surface area contributed by atoms with Gasteiger partial charge in [0.25, 0.3) is 0 Å². The molecule has 0 fully saturated rings. The van der Waals surface area contributed by atoms with Crippen LogP contribution in [-0.2, 0) is 6.54 Å². The van der Waals surface area contributed by atoms with Crippen molar-refractivity contribution >= 4 is 11.6 Å². The largest absolute Gasteiger partial charge is 0.454 e. The maximum Gasteiger partial charge on any atom is 0.231 e. The van der Waals surface area contributed by atoms with Crippen molar-refractivity contribution in [1.82, 2.24) is 9.88 Å². The predicted octanol–water partition coefficient (Wildman–Crippen LogP) is 4.05. The number of ether oxygens (including phenoxy) is 2. The Morgan fingerprint density at radius 2 is 2.09 bits per heavy atom. The van der Waals surface area contributed by atoms with E-state index < -0.39 is 0 Å². The molecule has 1 aliphatic rings. The van der Waals surface area contributed by atoms with Crippen molar-refractivity contribution in [2.75, 3.05) is 13.8 Å². The summed E-state index contributed by atoms with van der Waals surface area (Å²) < 4.78 is 10.8. The fraction of sp³-hybridized carbons (Fsp3) is 0.353. The molecule has 1 aliphatic heterocycles. The fourth-order valence-electron chi connectivity index (χ4n) is 2.83. The van der Waals surface area contributed by atoms with Gasteiger partial charge in [0, 0.05) is 36.1 Å². The second-order valence-electron chi connectivity index (χ2n) is 5.42. The molecule has 1 atom stereocenters. The van der Waals surface area contributed by atoms with Crippen LogP contribution < -0.4 is 9.47 Å². The van der Waals surface area contributed by atoms with Crippen LogP contribution in [0.4, 0.5) is 0 Å². The quantitative estimate of drug-likeness (QED) is 0.833. The van der Waals surface area contributed by atoms with E-state index in [1.807, 2.05) is 24.4 Å². The van der Waals surface area contributed by atoms with Crippen LogP contribution in [0.3, 0.4) is 0 Å². The molecule has 0 unspecified atom stereocenters. The van der Waals surface area contributed by atoms with E-state index in [1.165, 1.54) is 5.56 Å². The molecule has 22 heavy (non-hydrogen) atoms. The second-order valence-corrected chi connectivity index (χ2v) is 5.83. The monoisotopic (exact) mass is 318 g/mol. The minimum atomic E-state index is 0.262. The number of fused-ring (bicyclic) bond motifs is 1. The zero-order valence-electron chi connectivity index (χ0n) is 12.8. The lowest BCUT2D eigenvalue weighted by molar-refractivity contribution is 0.174. The van der Waals surface area contributed by atoms with Gasteiger partial charge in [0.1, 0.15) is 0 Å². The number of nitrogens with zero attached hydrogens (tertiary/aromatic N) is 2. The third-order valence-corrected chi connectivity index (χ3v) is 4.30. The van der Waals surface area contributed by atoms with E-state index in [2.05, 4.69) is 29.9 Å². The molecule has 1 aromatic heterocycles. The summed E-state index contributed by atoms with van der Waals surface area (Å²) in [6.45, 7) is 3.18. The summed E-state index contributed by atoms with van der Waals surface area (Å²) in [6.07, 6.45) is 4.72. The summed E-state index contributed by atoms with van der Waals surface area (Å²) >= 11 is 6.37. The molecule has 3 rings (SSSR count). The van der Waals surface area contributed by atoms with Gasteiger partial charge in [0.15, 0.2) is 11.5 Å². The standard InChI is InChI=1S/C17H19ClN2O2/c1-3-15(12-5-4-6-19-9-12)20(2)10-13-7-16-17(8-14(13)18)22-11-21-16/h4-9,15H,3,10-11H2,1-2H3/t15-/m0/s1. The first-order valence-electron chi connectivity index (χ1n) is 7.37. The van der Waals surface area contributed by atoms with E-state index in [-0.39, 0.29) is 6.79 Å². The van der Waals surface area contributed by atoms with Crippen molar-refractivity contribution in [3.63, 3.8) is 0 Å². The fourth-order valence-corrected chi connectivity index (χ4v) is 3.05. The zero-order valence-corrected chi connectivity index (χ0v) is 13.5. The maximum atomic E-state index is 6.37. The highest BCUT2D eigenvalue weighted by Crippen LogP contribution is 2.37.